The van der Waals surface area contributed by atoms with E-state index < -0.39 is 22.0 Å². The number of carboxylic acids is 1. The topological polar surface area (TPSA) is 107 Å². The van der Waals surface area contributed by atoms with Gasteiger partial charge in [0.1, 0.15) is 0 Å². The van der Waals surface area contributed by atoms with Gasteiger partial charge in [0, 0.05) is 6.04 Å². The number of hydrogen-bond acceptors (Lipinski definition) is 4. The lowest BCUT2D eigenvalue weighted by molar-refractivity contribution is -0.137. The molecule has 2 N–H and O–H groups in total. The quantitative estimate of drug-likeness (QED) is 0.817. The molecule has 18 heavy (non-hydrogen) atoms. The summed E-state index contributed by atoms with van der Waals surface area (Å²) in [4.78, 5) is 10.4. The van der Waals surface area contributed by atoms with E-state index in [2.05, 4.69) is 4.72 Å². The fourth-order valence-electron chi connectivity index (χ4n) is 1.35. The van der Waals surface area contributed by atoms with Crippen molar-refractivity contribution in [2.45, 2.75) is 24.3 Å². The summed E-state index contributed by atoms with van der Waals surface area (Å²) in [5, 5.41) is 17.1. The molecule has 0 spiro atoms. The summed E-state index contributed by atoms with van der Waals surface area (Å²) in [7, 11) is -3.75. The van der Waals surface area contributed by atoms with Gasteiger partial charge in [-0.05, 0) is 31.2 Å². The van der Waals surface area contributed by atoms with Gasteiger partial charge < -0.3 is 5.11 Å². The highest BCUT2D eigenvalue weighted by Gasteiger charge is 2.18. The first-order valence-electron chi connectivity index (χ1n) is 5.09. The van der Waals surface area contributed by atoms with E-state index >= 15 is 0 Å². The first-order chi connectivity index (χ1) is 8.35. The number of carbonyl (C=O) groups is 1. The Labute approximate surface area is 105 Å². The van der Waals surface area contributed by atoms with E-state index in [9.17, 15) is 13.2 Å². The zero-order valence-corrected chi connectivity index (χ0v) is 10.4. The second-order valence-electron chi connectivity index (χ2n) is 3.76. The van der Waals surface area contributed by atoms with Crippen molar-refractivity contribution < 1.29 is 18.3 Å². The van der Waals surface area contributed by atoms with Gasteiger partial charge in [0.05, 0.1) is 22.9 Å². The summed E-state index contributed by atoms with van der Waals surface area (Å²) < 4.78 is 25.9. The van der Waals surface area contributed by atoms with Crippen molar-refractivity contribution in [1.29, 1.82) is 5.26 Å². The molecule has 0 aliphatic carbocycles. The van der Waals surface area contributed by atoms with Crippen LogP contribution in [0.4, 0.5) is 0 Å². The molecule has 0 aromatic heterocycles. The van der Waals surface area contributed by atoms with Crippen LogP contribution in [0, 0.1) is 11.3 Å². The Bertz CT molecular complexity index is 572. The number of benzene rings is 1. The van der Waals surface area contributed by atoms with Crippen LogP contribution in [-0.2, 0) is 14.8 Å². The van der Waals surface area contributed by atoms with Crippen LogP contribution in [0.25, 0.3) is 0 Å². The minimum atomic E-state index is -3.75. The van der Waals surface area contributed by atoms with Crippen LogP contribution in [0.3, 0.4) is 0 Å². The van der Waals surface area contributed by atoms with Gasteiger partial charge in [0.2, 0.25) is 10.0 Å². The smallest absolute Gasteiger partial charge is 0.304 e. The van der Waals surface area contributed by atoms with Crippen molar-refractivity contribution >= 4 is 16.0 Å². The largest absolute Gasteiger partial charge is 0.481 e. The third kappa shape index (κ3) is 3.84. The van der Waals surface area contributed by atoms with Crippen molar-refractivity contribution in [3.63, 3.8) is 0 Å². The Morgan fingerprint density at radius 3 is 2.44 bits per heavy atom. The Kier molecular flexibility index (Phi) is 4.42. The van der Waals surface area contributed by atoms with Gasteiger partial charge in [-0.3, -0.25) is 4.79 Å². The van der Waals surface area contributed by atoms with E-state index in [0.29, 0.717) is 5.56 Å². The van der Waals surface area contributed by atoms with Crippen LogP contribution >= 0.6 is 0 Å². The van der Waals surface area contributed by atoms with Gasteiger partial charge >= 0.3 is 5.97 Å². The second-order valence-corrected chi connectivity index (χ2v) is 5.47. The van der Waals surface area contributed by atoms with Gasteiger partial charge in [-0.1, -0.05) is 0 Å². The molecule has 0 heterocycles. The summed E-state index contributed by atoms with van der Waals surface area (Å²) in [5.74, 6) is -1.08. The maximum Gasteiger partial charge on any atom is 0.304 e. The van der Waals surface area contributed by atoms with Gasteiger partial charge in [0.25, 0.3) is 0 Å². The third-order valence-corrected chi connectivity index (χ3v) is 3.74. The standard InChI is InChI=1S/C11H12N2O4S/c1-8(6-11(14)15)13-18(16,17)10-4-2-9(7-12)3-5-10/h2-5,8,13H,6H2,1H3,(H,14,15). The van der Waals surface area contributed by atoms with Crippen molar-refractivity contribution in [3.05, 3.63) is 29.8 Å². The Hall–Kier alpha value is -1.91. The van der Waals surface area contributed by atoms with E-state index in [1.165, 1.54) is 31.2 Å². The number of sulfonamides is 1. The molecule has 0 radical (unpaired) electrons. The summed E-state index contributed by atoms with van der Waals surface area (Å²) in [5.41, 5.74) is 0.354. The first kappa shape index (κ1) is 14.2. The van der Waals surface area contributed by atoms with E-state index in [1.807, 2.05) is 6.07 Å². The molecule has 96 valence electrons. The van der Waals surface area contributed by atoms with Crippen molar-refractivity contribution in [2.75, 3.05) is 0 Å². The van der Waals surface area contributed by atoms with Gasteiger partial charge in [0.15, 0.2) is 0 Å². The van der Waals surface area contributed by atoms with Crippen LogP contribution in [0.15, 0.2) is 29.2 Å². The number of rotatable bonds is 5. The normalized spacial score (nSPS) is 12.7. The summed E-state index contributed by atoms with van der Waals surface area (Å²) in [6, 6.07) is 6.54. The number of aliphatic carboxylic acids is 1. The monoisotopic (exact) mass is 268 g/mol. The fraction of sp³-hybridized carbons (Fsp3) is 0.273. The highest BCUT2D eigenvalue weighted by Crippen LogP contribution is 2.11. The molecular formula is C11H12N2O4S. The SMILES string of the molecule is CC(CC(=O)O)NS(=O)(=O)c1ccc(C#N)cc1. The summed E-state index contributed by atoms with van der Waals surface area (Å²) >= 11 is 0. The molecule has 0 fully saturated rings. The molecule has 0 saturated heterocycles. The lowest BCUT2D eigenvalue weighted by atomic mass is 10.2. The Morgan fingerprint density at radius 2 is 2.00 bits per heavy atom. The molecule has 0 amide bonds. The zero-order chi connectivity index (χ0) is 13.8. The number of nitrogens with zero attached hydrogens (tertiary/aromatic N) is 1. The predicted octanol–water partition coefficient (Wildman–Crippen LogP) is 0.700. The van der Waals surface area contributed by atoms with E-state index in [-0.39, 0.29) is 11.3 Å². The van der Waals surface area contributed by atoms with Crippen LogP contribution < -0.4 is 4.72 Å². The minimum Gasteiger partial charge on any atom is -0.481 e. The molecular weight excluding hydrogens is 256 g/mol. The van der Waals surface area contributed by atoms with E-state index in [0.717, 1.165) is 0 Å². The van der Waals surface area contributed by atoms with Gasteiger partial charge in [-0.2, -0.15) is 5.26 Å². The molecule has 0 aliphatic rings. The molecule has 0 bridgehead atoms. The van der Waals surface area contributed by atoms with Gasteiger partial charge in [-0.15, -0.1) is 0 Å². The van der Waals surface area contributed by atoms with Crippen molar-refractivity contribution in [3.8, 4) is 6.07 Å². The lowest BCUT2D eigenvalue weighted by Crippen LogP contribution is -2.34. The van der Waals surface area contributed by atoms with Gasteiger partial charge in [-0.25, -0.2) is 13.1 Å². The molecule has 1 atom stereocenters. The third-order valence-electron chi connectivity index (χ3n) is 2.13. The number of nitriles is 1. The summed E-state index contributed by atoms with van der Waals surface area (Å²) in [6.45, 7) is 1.47. The molecule has 6 nitrogen and oxygen atoms in total. The Balaban J connectivity index is 2.86. The zero-order valence-electron chi connectivity index (χ0n) is 9.62. The van der Waals surface area contributed by atoms with Crippen LogP contribution in [-0.4, -0.2) is 25.5 Å². The highest BCUT2D eigenvalue weighted by molar-refractivity contribution is 7.89. The average molecular weight is 268 g/mol. The number of carboxylic acid groups (broad SMARTS) is 1. The molecule has 1 unspecified atom stereocenters. The van der Waals surface area contributed by atoms with E-state index in [1.54, 1.807) is 0 Å². The molecule has 0 aliphatic heterocycles. The maximum atomic E-state index is 11.8. The molecule has 0 saturated carbocycles. The molecule has 1 rings (SSSR count). The van der Waals surface area contributed by atoms with Crippen molar-refractivity contribution in [1.82, 2.24) is 4.72 Å². The molecule has 7 heteroatoms. The molecule has 1 aromatic rings. The fourth-order valence-corrected chi connectivity index (χ4v) is 2.59. The van der Waals surface area contributed by atoms with Crippen LogP contribution in [0.2, 0.25) is 0 Å². The lowest BCUT2D eigenvalue weighted by Gasteiger charge is -2.12. The minimum absolute atomic E-state index is 0.00117. The molecule has 1 aromatic carbocycles. The average Bonchev–Trinajstić information content (AvgIpc) is 2.27. The number of hydrogen-bond donors (Lipinski definition) is 2. The summed E-state index contributed by atoms with van der Waals surface area (Å²) in [6.07, 6.45) is -0.296. The Morgan fingerprint density at radius 1 is 1.44 bits per heavy atom. The first-order valence-corrected chi connectivity index (χ1v) is 6.58. The predicted molar refractivity (Wildman–Crippen MR) is 63.2 cm³/mol. The van der Waals surface area contributed by atoms with Crippen LogP contribution in [0.5, 0.6) is 0 Å². The number of nitrogens with one attached hydrogen (secondary N) is 1. The maximum absolute atomic E-state index is 11.8. The highest BCUT2D eigenvalue weighted by atomic mass is 32.2. The second kappa shape index (κ2) is 5.62. The van der Waals surface area contributed by atoms with Crippen LogP contribution in [0.1, 0.15) is 18.9 Å². The van der Waals surface area contributed by atoms with Crippen molar-refractivity contribution in [2.24, 2.45) is 0 Å². The van der Waals surface area contributed by atoms with E-state index in [4.69, 9.17) is 10.4 Å².